The lowest BCUT2D eigenvalue weighted by Gasteiger charge is -2.35. The normalized spacial score (nSPS) is 15.2. The zero-order valence-corrected chi connectivity index (χ0v) is 14.6. The van der Waals surface area contributed by atoms with E-state index in [-0.39, 0.29) is 6.04 Å². The van der Waals surface area contributed by atoms with Gasteiger partial charge in [-0.2, -0.15) is 0 Å². The Balaban J connectivity index is 1.79. The van der Waals surface area contributed by atoms with Gasteiger partial charge in [0.1, 0.15) is 5.82 Å². The zero-order valence-electron chi connectivity index (χ0n) is 14.6. The smallest absolute Gasteiger partial charge is 0.407 e. The molecule has 0 aliphatic carbocycles. The van der Waals surface area contributed by atoms with Gasteiger partial charge in [-0.3, -0.25) is 4.57 Å². The van der Waals surface area contributed by atoms with Crippen molar-refractivity contribution in [2.45, 2.75) is 25.8 Å². The zero-order chi connectivity index (χ0) is 18.0. The minimum Gasteiger partial charge on any atom is -0.481 e. The van der Waals surface area contributed by atoms with Gasteiger partial charge >= 0.3 is 6.09 Å². The van der Waals surface area contributed by atoms with Gasteiger partial charge < -0.3 is 19.6 Å². The third kappa shape index (κ3) is 3.35. The molecule has 0 radical (unpaired) electrons. The highest BCUT2D eigenvalue weighted by Gasteiger charge is 2.28. The number of pyridine rings is 1. The summed E-state index contributed by atoms with van der Waals surface area (Å²) >= 11 is 0. The summed E-state index contributed by atoms with van der Waals surface area (Å²) in [5, 5.41) is 17.6. The van der Waals surface area contributed by atoms with E-state index in [1.807, 2.05) is 17.6 Å². The number of methoxy groups -OCH3 is 1. The molecule has 0 atom stereocenters. The molecule has 1 saturated heterocycles. The summed E-state index contributed by atoms with van der Waals surface area (Å²) in [5.74, 6) is 2.07. The molecule has 1 aliphatic rings. The number of hydrogen-bond acceptors (Lipinski definition) is 6. The lowest BCUT2D eigenvalue weighted by molar-refractivity contribution is 0.131. The van der Waals surface area contributed by atoms with Crippen molar-refractivity contribution in [2.24, 2.45) is 0 Å². The van der Waals surface area contributed by atoms with Crippen molar-refractivity contribution in [3.63, 3.8) is 0 Å². The second kappa shape index (κ2) is 6.96. The molecular weight excluding hydrogens is 324 g/mol. The second-order valence-corrected chi connectivity index (χ2v) is 6.05. The molecule has 2 aromatic heterocycles. The summed E-state index contributed by atoms with van der Waals surface area (Å²) in [6.07, 6.45) is 2.36. The lowest BCUT2D eigenvalue weighted by Crippen LogP contribution is -2.45. The quantitative estimate of drug-likeness (QED) is 0.897. The summed E-state index contributed by atoms with van der Waals surface area (Å²) in [6, 6.07) is 3.75. The number of rotatable bonds is 4. The summed E-state index contributed by atoms with van der Waals surface area (Å²) in [6.45, 7) is 3.35. The van der Waals surface area contributed by atoms with Gasteiger partial charge in [0.15, 0.2) is 0 Å². The van der Waals surface area contributed by atoms with Crippen molar-refractivity contribution >= 4 is 12.0 Å². The van der Waals surface area contributed by atoms with E-state index in [9.17, 15) is 4.79 Å². The fourth-order valence-electron chi connectivity index (χ4n) is 3.09. The number of nitrogens with zero attached hydrogens (tertiary/aromatic N) is 6. The molecule has 25 heavy (non-hydrogen) atoms. The number of aryl methyl sites for hydroxylation is 1. The third-order valence-electron chi connectivity index (χ3n) is 4.59. The van der Waals surface area contributed by atoms with Crippen molar-refractivity contribution in [3.8, 4) is 11.6 Å². The number of piperidine rings is 1. The van der Waals surface area contributed by atoms with Crippen LogP contribution in [0.25, 0.3) is 5.69 Å². The Labute approximate surface area is 145 Å². The number of hydrogen-bond donors (Lipinski definition) is 1. The second-order valence-electron chi connectivity index (χ2n) is 6.05. The molecule has 3 heterocycles. The van der Waals surface area contributed by atoms with Crippen LogP contribution in [-0.2, 0) is 0 Å². The molecule has 3 rings (SSSR count). The Kier molecular flexibility index (Phi) is 4.73. The van der Waals surface area contributed by atoms with Crippen LogP contribution in [-0.4, -0.2) is 69.1 Å². The Hall–Kier alpha value is -2.84. The van der Waals surface area contributed by atoms with E-state index >= 15 is 0 Å². The largest absolute Gasteiger partial charge is 0.481 e. The van der Waals surface area contributed by atoms with Crippen LogP contribution in [0, 0.1) is 6.92 Å². The number of carbonyl (C=O) groups is 1. The van der Waals surface area contributed by atoms with Crippen LogP contribution in [0.3, 0.4) is 0 Å². The van der Waals surface area contributed by atoms with Gasteiger partial charge in [-0.25, -0.2) is 9.78 Å². The third-order valence-corrected chi connectivity index (χ3v) is 4.59. The van der Waals surface area contributed by atoms with Crippen LogP contribution < -0.4 is 9.64 Å². The van der Waals surface area contributed by atoms with Crippen molar-refractivity contribution in [1.29, 1.82) is 0 Å². The van der Waals surface area contributed by atoms with Gasteiger partial charge in [-0.1, -0.05) is 0 Å². The molecule has 0 unspecified atom stereocenters. The van der Waals surface area contributed by atoms with E-state index in [0.29, 0.717) is 5.88 Å². The van der Waals surface area contributed by atoms with Crippen LogP contribution in [0.2, 0.25) is 0 Å². The van der Waals surface area contributed by atoms with E-state index in [2.05, 4.69) is 20.1 Å². The average molecular weight is 346 g/mol. The highest BCUT2D eigenvalue weighted by molar-refractivity contribution is 5.65. The van der Waals surface area contributed by atoms with Gasteiger partial charge in [0.25, 0.3) is 0 Å². The molecule has 0 bridgehead atoms. The average Bonchev–Trinajstić information content (AvgIpc) is 3.02. The highest BCUT2D eigenvalue weighted by atomic mass is 16.5. The summed E-state index contributed by atoms with van der Waals surface area (Å²) in [7, 11) is 3.20. The Morgan fingerprint density at radius 2 is 2.04 bits per heavy atom. The summed E-state index contributed by atoms with van der Waals surface area (Å²) in [4.78, 5) is 18.9. The maximum atomic E-state index is 11.1. The number of amides is 1. The molecule has 0 aromatic carbocycles. The monoisotopic (exact) mass is 346 g/mol. The predicted octanol–water partition coefficient (Wildman–Crippen LogP) is 1.56. The van der Waals surface area contributed by atoms with Crippen LogP contribution in [0.1, 0.15) is 18.7 Å². The summed E-state index contributed by atoms with van der Waals surface area (Å²) in [5.41, 5.74) is 0.864. The first kappa shape index (κ1) is 17.0. The van der Waals surface area contributed by atoms with Crippen LogP contribution in [0.15, 0.2) is 18.3 Å². The van der Waals surface area contributed by atoms with Crippen LogP contribution >= 0.6 is 0 Å². The standard InChI is InChI=1S/C16H22N6O3/c1-11-18-19-15(22(11)13-4-5-14(25-3)17-10-13)21-8-6-12(7-9-21)20(2)16(23)24/h4-5,10,12H,6-9H2,1-3H3,(H,23,24). The Morgan fingerprint density at radius 1 is 1.32 bits per heavy atom. The minimum absolute atomic E-state index is 0.0360. The summed E-state index contributed by atoms with van der Waals surface area (Å²) < 4.78 is 7.05. The molecule has 2 aromatic rings. The number of ether oxygens (including phenoxy) is 1. The molecule has 1 amide bonds. The van der Waals surface area contributed by atoms with Crippen molar-refractivity contribution in [3.05, 3.63) is 24.2 Å². The minimum atomic E-state index is -0.887. The van der Waals surface area contributed by atoms with Crippen molar-refractivity contribution in [2.75, 3.05) is 32.1 Å². The molecule has 134 valence electrons. The van der Waals surface area contributed by atoms with E-state index < -0.39 is 6.09 Å². The molecule has 0 saturated carbocycles. The van der Waals surface area contributed by atoms with Gasteiger partial charge in [0, 0.05) is 32.2 Å². The Morgan fingerprint density at radius 3 is 2.60 bits per heavy atom. The van der Waals surface area contributed by atoms with Crippen LogP contribution in [0.5, 0.6) is 5.88 Å². The molecule has 1 aliphatic heterocycles. The molecule has 1 N–H and O–H groups in total. The van der Waals surface area contributed by atoms with Gasteiger partial charge in [0.05, 0.1) is 19.0 Å². The maximum Gasteiger partial charge on any atom is 0.407 e. The van der Waals surface area contributed by atoms with E-state index in [1.165, 1.54) is 4.90 Å². The van der Waals surface area contributed by atoms with E-state index in [1.54, 1.807) is 26.4 Å². The fourth-order valence-corrected chi connectivity index (χ4v) is 3.09. The van der Waals surface area contributed by atoms with Gasteiger partial charge in [-0.05, 0) is 25.8 Å². The predicted molar refractivity (Wildman–Crippen MR) is 91.5 cm³/mol. The molecule has 1 fully saturated rings. The fraction of sp³-hybridized carbons (Fsp3) is 0.500. The first-order chi connectivity index (χ1) is 12.0. The molecular formula is C16H22N6O3. The number of aromatic nitrogens is 4. The first-order valence-electron chi connectivity index (χ1n) is 8.14. The number of anilines is 1. The van der Waals surface area contributed by atoms with Crippen molar-refractivity contribution < 1.29 is 14.6 Å². The first-order valence-corrected chi connectivity index (χ1v) is 8.14. The molecule has 9 nitrogen and oxygen atoms in total. The lowest BCUT2D eigenvalue weighted by atomic mass is 10.0. The molecule has 9 heteroatoms. The highest BCUT2D eigenvalue weighted by Crippen LogP contribution is 2.25. The maximum absolute atomic E-state index is 11.1. The van der Waals surface area contributed by atoms with Crippen molar-refractivity contribution in [1.82, 2.24) is 24.6 Å². The number of carboxylic acid groups (broad SMARTS) is 1. The SMILES string of the molecule is COc1ccc(-n2c(C)nnc2N2CCC(N(C)C(=O)O)CC2)cn1. The van der Waals surface area contributed by atoms with Crippen LogP contribution in [0.4, 0.5) is 10.7 Å². The van der Waals surface area contributed by atoms with E-state index in [0.717, 1.165) is 43.4 Å². The van der Waals surface area contributed by atoms with E-state index in [4.69, 9.17) is 9.84 Å². The Bertz CT molecular complexity index is 737. The van der Waals surface area contributed by atoms with Gasteiger partial charge in [-0.15, -0.1) is 10.2 Å². The molecule has 0 spiro atoms. The topological polar surface area (TPSA) is 96.6 Å². The van der Waals surface area contributed by atoms with Gasteiger partial charge in [0.2, 0.25) is 11.8 Å².